The number of benzene rings is 1. The van der Waals surface area contributed by atoms with Crippen molar-refractivity contribution in [3.8, 4) is 0 Å². The van der Waals surface area contributed by atoms with Crippen LogP contribution in [0.4, 0.5) is 27.1 Å². The van der Waals surface area contributed by atoms with E-state index in [-0.39, 0.29) is 6.61 Å². The van der Waals surface area contributed by atoms with Crippen molar-refractivity contribution < 1.29 is 14.3 Å². The molecule has 4 rings (SSSR count). The second kappa shape index (κ2) is 13.3. The van der Waals surface area contributed by atoms with Gasteiger partial charge in [-0.1, -0.05) is 47.9 Å². The Labute approximate surface area is 225 Å². The van der Waals surface area contributed by atoms with E-state index in [1.807, 2.05) is 43.3 Å². The van der Waals surface area contributed by atoms with Crippen molar-refractivity contribution in [1.29, 1.82) is 0 Å². The third-order valence-corrected chi connectivity index (χ3v) is 7.60. The average molecular weight is 542 g/mol. The fourth-order valence-corrected chi connectivity index (χ4v) is 5.21. The Morgan fingerprint density at radius 1 is 1.27 bits per heavy atom. The molecule has 1 aliphatic rings. The molecule has 196 valence electrons. The van der Waals surface area contributed by atoms with Gasteiger partial charge in [0, 0.05) is 56.9 Å². The summed E-state index contributed by atoms with van der Waals surface area (Å²) < 4.78 is 11.4. The lowest BCUT2D eigenvalue weighted by Gasteiger charge is -2.29. The van der Waals surface area contributed by atoms with Gasteiger partial charge in [0.2, 0.25) is 5.13 Å². The summed E-state index contributed by atoms with van der Waals surface area (Å²) in [6.45, 7) is 7.36. The largest absolute Gasteiger partial charge is 0.445 e. The molecule has 3 heterocycles. The molecule has 0 saturated carbocycles. The van der Waals surface area contributed by atoms with E-state index in [4.69, 9.17) is 14.5 Å². The first-order chi connectivity index (χ1) is 18.0. The van der Waals surface area contributed by atoms with Crippen LogP contribution in [0.2, 0.25) is 0 Å². The molecular weight excluding hydrogens is 510 g/mol. The molecule has 0 spiro atoms. The Bertz CT molecular complexity index is 1200. The molecule has 0 unspecified atom stereocenters. The number of hydrogen-bond acceptors (Lipinski definition) is 11. The number of nitrogens with one attached hydrogen (secondary N) is 2. The number of ether oxygens (including phenoxy) is 2. The molecule has 2 N–H and O–H groups in total. The van der Waals surface area contributed by atoms with E-state index in [0.29, 0.717) is 31.2 Å². The predicted octanol–water partition coefficient (Wildman–Crippen LogP) is 4.47. The smallest absolute Gasteiger partial charge is 0.411 e. The van der Waals surface area contributed by atoms with Gasteiger partial charge in [0.15, 0.2) is 4.34 Å². The van der Waals surface area contributed by atoms with Crippen molar-refractivity contribution in [3.05, 3.63) is 60.3 Å². The minimum Gasteiger partial charge on any atom is -0.445 e. The van der Waals surface area contributed by atoms with Gasteiger partial charge in [0.05, 0.1) is 18.9 Å². The maximum absolute atomic E-state index is 11.9. The maximum Gasteiger partial charge on any atom is 0.411 e. The summed E-state index contributed by atoms with van der Waals surface area (Å²) in [6.07, 6.45) is 1.01. The maximum atomic E-state index is 11.9. The number of nitrogens with zero attached hydrogens (tertiary/aromatic N) is 5. The number of rotatable bonds is 11. The first-order valence-corrected chi connectivity index (χ1v) is 13.6. The van der Waals surface area contributed by atoms with Crippen LogP contribution in [0.3, 0.4) is 0 Å². The highest BCUT2D eigenvalue weighted by molar-refractivity contribution is 8.00. The highest BCUT2D eigenvalue weighted by Crippen LogP contribution is 2.31. The van der Waals surface area contributed by atoms with E-state index in [0.717, 1.165) is 45.3 Å². The normalized spacial score (nSPS) is 13.2. The molecule has 1 fully saturated rings. The summed E-state index contributed by atoms with van der Waals surface area (Å²) >= 11 is 3.20. The lowest BCUT2D eigenvalue weighted by Crippen LogP contribution is -2.36. The molecule has 37 heavy (non-hydrogen) atoms. The number of carbonyl (C=O) groups excluding carboxylic acids is 1. The highest BCUT2D eigenvalue weighted by atomic mass is 32.2. The monoisotopic (exact) mass is 541 g/mol. The number of pyridine rings is 1. The molecule has 12 heteroatoms. The summed E-state index contributed by atoms with van der Waals surface area (Å²) in [5, 5.41) is 15.6. The van der Waals surface area contributed by atoms with Crippen LogP contribution in [-0.2, 0) is 21.8 Å². The molecule has 0 atom stereocenters. The quantitative estimate of drug-likeness (QED) is 0.267. The summed E-state index contributed by atoms with van der Waals surface area (Å²) in [7, 11) is 3.92. The number of amides is 1. The summed E-state index contributed by atoms with van der Waals surface area (Å²) in [5.74, 6) is 1.47. The first kappa shape index (κ1) is 26.7. The van der Waals surface area contributed by atoms with Gasteiger partial charge >= 0.3 is 6.09 Å². The van der Waals surface area contributed by atoms with Crippen molar-refractivity contribution in [1.82, 2.24) is 15.2 Å². The van der Waals surface area contributed by atoms with Crippen LogP contribution < -0.4 is 20.4 Å². The molecule has 1 aliphatic heterocycles. The van der Waals surface area contributed by atoms with E-state index in [1.165, 1.54) is 6.08 Å². The molecule has 1 amide bonds. The molecule has 0 aliphatic carbocycles. The Kier molecular flexibility index (Phi) is 9.58. The summed E-state index contributed by atoms with van der Waals surface area (Å²) in [5.41, 5.74) is 3.73. The fraction of sp³-hybridized carbons (Fsp3) is 0.360. The zero-order chi connectivity index (χ0) is 26.0. The zero-order valence-corrected chi connectivity index (χ0v) is 22.6. The third kappa shape index (κ3) is 8.07. The number of thioether (sulfide) groups is 1. The van der Waals surface area contributed by atoms with Crippen LogP contribution >= 0.6 is 23.1 Å². The molecule has 3 aromatic rings. The van der Waals surface area contributed by atoms with E-state index < -0.39 is 6.09 Å². The number of aromatic nitrogens is 3. The SMILES string of the molecule is C=CCOC(=O)Nc1cccc(CNc2cc(N3CCOCC3)cc(CSc3nnc(N(C)C)s3)n2)c1. The topological polar surface area (TPSA) is 105 Å². The third-order valence-electron chi connectivity index (χ3n) is 5.34. The van der Waals surface area contributed by atoms with Crippen molar-refractivity contribution in [2.45, 2.75) is 16.6 Å². The van der Waals surface area contributed by atoms with E-state index in [2.05, 4.69) is 44.4 Å². The van der Waals surface area contributed by atoms with Crippen LogP contribution in [0.15, 0.2) is 53.4 Å². The fourth-order valence-electron chi connectivity index (χ4n) is 3.56. The molecule has 1 saturated heterocycles. The lowest BCUT2D eigenvalue weighted by molar-refractivity contribution is 0.122. The summed E-state index contributed by atoms with van der Waals surface area (Å²) in [4.78, 5) is 21.0. The van der Waals surface area contributed by atoms with Crippen molar-refractivity contribution in [2.75, 3.05) is 67.4 Å². The molecule has 10 nitrogen and oxygen atoms in total. The van der Waals surface area contributed by atoms with Gasteiger partial charge in [-0.25, -0.2) is 9.78 Å². The molecule has 0 radical (unpaired) electrons. The predicted molar refractivity (Wildman–Crippen MR) is 150 cm³/mol. The van der Waals surface area contributed by atoms with Gasteiger partial charge in [0.1, 0.15) is 12.4 Å². The van der Waals surface area contributed by atoms with Crippen molar-refractivity contribution in [3.63, 3.8) is 0 Å². The molecular formula is C25H31N7O3S2. The standard InChI is InChI=1S/C25H31N7O3S2/c1-4-10-35-24(33)28-19-7-5-6-18(13-19)16-26-22-15-21(32-8-11-34-12-9-32)14-20(27-22)17-36-25-30-29-23(37-25)31(2)3/h4-7,13-15H,1,8-12,16-17H2,2-3H3,(H,26,27)(H,28,33). The van der Waals surface area contributed by atoms with Crippen LogP contribution in [0.5, 0.6) is 0 Å². The van der Waals surface area contributed by atoms with Crippen LogP contribution in [0.1, 0.15) is 11.3 Å². The Hall–Kier alpha value is -3.35. The van der Waals surface area contributed by atoms with Crippen molar-refractivity contribution in [2.24, 2.45) is 0 Å². The molecule has 0 bridgehead atoms. The van der Waals surface area contributed by atoms with Gasteiger partial charge in [-0.3, -0.25) is 5.32 Å². The van der Waals surface area contributed by atoms with Crippen LogP contribution in [0, 0.1) is 0 Å². The first-order valence-electron chi connectivity index (χ1n) is 11.8. The Morgan fingerprint density at radius 2 is 2.11 bits per heavy atom. The number of anilines is 4. The highest BCUT2D eigenvalue weighted by Gasteiger charge is 2.15. The van der Waals surface area contributed by atoms with E-state index in [1.54, 1.807) is 23.1 Å². The van der Waals surface area contributed by atoms with Gasteiger partial charge in [-0.15, -0.1) is 10.2 Å². The molecule has 2 aromatic heterocycles. The summed E-state index contributed by atoms with van der Waals surface area (Å²) in [6, 6.07) is 11.8. The van der Waals surface area contributed by atoms with E-state index in [9.17, 15) is 4.79 Å². The number of carbonyl (C=O) groups is 1. The number of morpholine rings is 1. The minimum absolute atomic E-state index is 0.161. The van der Waals surface area contributed by atoms with Gasteiger partial charge < -0.3 is 24.6 Å². The van der Waals surface area contributed by atoms with Gasteiger partial charge in [0.25, 0.3) is 0 Å². The number of hydrogen-bond donors (Lipinski definition) is 2. The van der Waals surface area contributed by atoms with Gasteiger partial charge in [-0.05, 0) is 23.8 Å². The average Bonchev–Trinajstić information content (AvgIpc) is 3.40. The Morgan fingerprint density at radius 3 is 2.86 bits per heavy atom. The van der Waals surface area contributed by atoms with Crippen molar-refractivity contribution >= 4 is 51.5 Å². The van der Waals surface area contributed by atoms with E-state index >= 15 is 0 Å². The second-order valence-electron chi connectivity index (χ2n) is 8.40. The lowest BCUT2D eigenvalue weighted by atomic mass is 10.2. The van der Waals surface area contributed by atoms with Crippen LogP contribution in [0.25, 0.3) is 0 Å². The molecule has 1 aromatic carbocycles. The minimum atomic E-state index is -0.514. The second-order valence-corrected chi connectivity index (χ2v) is 10.6. The van der Waals surface area contributed by atoms with Crippen LogP contribution in [-0.4, -0.2) is 68.3 Å². The van der Waals surface area contributed by atoms with Gasteiger partial charge in [-0.2, -0.15) is 0 Å². The Balaban J connectivity index is 1.45. The zero-order valence-electron chi connectivity index (χ0n) is 21.0.